The largest absolute Gasteiger partial charge is 0.465 e. The van der Waals surface area contributed by atoms with Crippen LogP contribution in [-0.2, 0) is 18.9 Å². The highest BCUT2D eigenvalue weighted by Gasteiger charge is 2.17. The standard InChI is InChI=1S/2C14H14BrN3O3/c1-20-14(19)9-6-10(15)13-11(7-9)17-12(8-16-13)18-2-4-21-5-3-18;1-20-14(19)9-6-10(15)13-11(7-9)16-8-12(17-13)18-2-4-21-5-3-18/h2*6-8H,2-5H2,1H3. The Morgan fingerprint density at radius 3 is 1.71 bits per heavy atom. The Labute approximate surface area is 258 Å². The highest BCUT2D eigenvalue weighted by molar-refractivity contribution is 9.11. The van der Waals surface area contributed by atoms with Gasteiger partial charge in [-0.05, 0) is 56.1 Å². The fourth-order valence-electron chi connectivity index (χ4n) is 4.50. The molecule has 4 aromatic rings. The maximum absolute atomic E-state index is 11.7. The Morgan fingerprint density at radius 1 is 0.690 bits per heavy atom. The van der Waals surface area contributed by atoms with Crippen LogP contribution < -0.4 is 9.80 Å². The zero-order valence-electron chi connectivity index (χ0n) is 23.0. The van der Waals surface area contributed by atoms with Gasteiger partial charge in [-0.1, -0.05) is 0 Å². The summed E-state index contributed by atoms with van der Waals surface area (Å²) in [7, 11) is 2.71. The van der Waals surface area contributed by atoms with Crippen LogP contribution in [0.3, 0.4) is 0 Å². The molecule has 0 aliphatic carbocycles. The number of morpholine rings is 2. The molecule has 2 aliphatic heterocycles. The van der Waals surface area contributed by atoms with E-state index in [0.29, 0.717) is 48.6 Å². The van der Waals surface area contributed by atoms with Crippen LogP contribution in [0.4, 0.5) is 11.6 Å². The third-order valence-electron chi connectivity index (χ3n) is 6.69. The van der Waals surface area contributed by atoms with Gasteiger partial charge < -0.3 is 28.7 Å². The van der Waals surface area contributed by atoms with Gasteiger partial charge in [-0.25, -0.2) is 24.5 Å². The fourth-order valence-corrected chi connectivity index (χ4v) is 5.59. The number of aromatic nitrogens is 4. The minimum Gasteiger partial charge on any atom is -0.465 e. The van der Waals surface area contributed by atoms with Gasteiger partial charge in [0, 0.05) is 35.1 Å². The van der Waals surface area contributed by atoms with Crippen molar-refractivity contribution in [1.29, 1.82) is 0 Å². The Hall–Kier alpha value is -3.46. The van der Waals surface area contributed by atoms with E-state index in [0.717, 1.165) is 57.8 Å². The van der Waals surface area contributed by atoms with Crippen molar-refractivity contribution in [2.75, 3.05) is 76.6 Å². The van der Waals surface area contributed by atoms with Crippen molar-refractivity contribution >= 4 is 77.5 Å². The monoisotopic (exact) mass is 702 g/mol. The molecule has 0 unspecified atom stereocenters. The summed E-state index contributed by atoms with van der Waals surface area (Å²) in [4.78, 5) is 45.6. The number of esters is 2. The molecule has 220 valence electrons. The molecule has 2 aromatic carbocycles. The van der Waals surface area contributed by atoms with Crippen molar-refractivity contribution in [3.05, 3.63) is 56.7 Å². The van der Waals surface area contributed by atoms with Crippen molar-refractivity contribution in [1.82, 2.24) is 19.9 Å². The van der Waals surface area contributed by atoms with Gasteiger partial charge in [0.15, 0.2) is 0 Å². The predicted octanol–water partition coefficient (Wildman–Crippen LogP) is 4.03. The Morgan fingerprint density at radius 2 is 1.17 bits per heavy atom. The summed E-state index contributed by atoms with van der Waals surface area (Å²) in [5, 5.41) is 0. The zero-order chi connectivity index (χ0) is 29.6. The minimum absolute atomic E-state index is 0.392. The van der Waals surface area contributed by atoms with Gasteiger partial charge in [0.2, 0.25) is 0 Å². The third-order valence-corrected chi connectivity index (χ3v) is 7.90. The van der Waals surface area contributed by atoms with E-state index >= 15 is 0 Å². The maximum Gasteiger partial charge on any atom is 0.337 e. The van der Waals surface area contributed by atoms with Gasteiger partial charge in [0.05, 0.1) is 75.2 Å². The second kappa shape index (κ2) is 13.7. The second-order valence-corrected chi connectivity index (χ2v) is 11.0. The smallest absolute Gasteiger partial charge is 0.337 e. The number of carbonyl (C=O) groups is 2. The van der Waals surface area contributed by atoms with Crippen LogP contribution in [0.15, 0.2) is 45.6 Å². The van der Waals surface area contributed by atoms with E-state index in [1.54, 1.807) is 36.7 Å². The van der Waals surface area contributed by atoms with E-state index in [9.17, 15) is 9.59 Å². The van der Waals surface area contributed by atoms with Gasteiger partial charge in [-0.3, -0.25) is 4.98 Å². The highest BCUT2D eigenvalue weighted by atomic mass is 79.9. The molecule has 12 nitrogen and oxygen atoms in total. The molecule has 4 heterocycles. The van der Waals surface area contributed by atoms with Crippen molar-refractivity contribution in [3.63, 3.8) is 0 Å². The number of benzene rings is 2. The SMILES string of the molecule is COC(=O)c1cc(Br)c2nc(N3CCOCC3)cnc2c1.COC(=O)c1cc(Br)c2ncc(N3CCOCC3)nc2c1. The first-order chi connectivity index (χ1) is 20.4. The number of methoxy groups -OCH3 is 2. The Kier molecular flexibility index (Phi) is 9.77. The number of ether oxygens (including phenoxy) is 4. The topological polar surface area (TPSA) is 129 Å². The lowest BCUT2D eigenvalue weighted by molar-refractivity contribution is 0.0592. The van der Waals surface area contributed by atoms with Crippen molar-refractivity contribution in [3.8, 4) is 0 Å². The number of hydrogen-bond acceptors (Lipinski definition) is 12. The number of anilines is 2. The molecule has 14 heteroatoms. The Balaban J connectivity index is 0.000000168. The van der Waals surface area contributed by atoms with Gasteiger partial charge in [0.25, 0.3) is 0 Å². The molecule has 0 saturated carbocycles. The summed E-state index contributed by atoms with van der Waals surface area (Å²) in [5.41, 5.74) is 3.66. The van der Waals surface area contributed by atoms with E-state index in [4.69, 9.17) is 18.9 Å². The van der Waals surface area contributed by atoms with Crippen molar-refractivity contribution in [2.45, 2.75) is 0 Å². The number of halogens is 2. The predicted molar refractivity (Wildman–Crippen MR) is 163 cm³/mol. The molecule has 0 radical (unpaired) electrons. The maximum atomic E-state index is 11.7. The zero-order valence-corrected chi connectivity index (χ0v) is 26.2. The molecule has 0 spiro atoms. The average Bonchev–Trinajstić information content (AvgIpc) is 3.04. The van der Waals surface area contributed by atoms with Crippen LogP contribution in [-0.4, -0.2) is 98.7 Å². The average molecular weight is 704 g/mol. The highest BCUT2D eigenvalue weighted by Crippen LogP contribution is 2.27. The van der Waals surface area contributed by atoms with E-state index < -0.39 is 11.9 Å². The van der Waals surface area contributed by atoms with Crippen LogP contribution in [0.1, 0.15) is 20.7 Å². The quantitative estimate of drug-likeness (QED) is 0.285. The minimum atomic E-state index is -0.392. The summed E-state index contributed by atoms with van der Waals surface area (Å²) >= 11 is 6.87. The van der Waals surface area contributed by atoms with Gasteiger partial charge >= 0.3 is 11.9 Å². The van der Waals surface area contributed by atoms with Gasteiger partial charge in [-0.2, -0.15) is 0 Å². The van der Waals surface area contributed by atoms with E-state index in [-0.39, 0.29) is 0 Å². The second-order valence-electron chi connectivity index (χ2n) is 9.29. The number of hydrogen-bond donors (Lipinski definition) is 0. The molecule has 42 heavy (non-hydrogen) atoms. The molecule has 2 aromatic heterocycles. The lowest BCUT2D eigenvalue weighted by Gasteiger charge is -2.27. The normalized spacial score (nSPS) is 15.2. The molecular formula is C28H28Br2N6O6. The molecule has 2 saturated heterocycles. The summed E-state index contributed by atoms with van der Waals surface area (Å²) in [5.74, 6) is 0.824. The summed E-state index contributed by atoms with van der Waals surface area (Å²) in [6.45, 7) is 5.95. The fraction of sp³-hybridized carbons (Fsp3) is 0.357. The molecule has 0 N–H and O–H groups in total. The van der Waals surface area contributed by atoms with Crippen LogP contribution in [0.5, 0.6) is 0 Å². The summed E-state index contributed by atoms with van der Waals surface area (Å²) < 4.78 is 21.6. The number of nitrogens with zero attached hydrogens (tertiary/aromatic N) is 6. The molecule has 0 amide bonds. The number of rotatable bonds is 4. The van der Waals surface area contributed by atoms with E-state index in [1.165, 1.54) is 14.2 Å². The molecule has 6 rings (SSSR count). The first-order valence-corrected chi connectivity index (χ1v) is 14.7. The third kappa shape index (κ3) is 6.77. The molecule has 2 aliphatic rings. The van der Waals surface area contributed by atoms with Crippen LogP contribution in [0.2, 0.25) is 0 Å². The summed E-state index contributed by atoms with van der Waals surface area (Å²) in [6, 6.07) is 6.77. The lowest BCUT2D eigenvalue weighted by atomic mass is 10.2. The van der Waals surface area contributed by atoms with E-state index in [2.05, 4.69) is 61.6 Å². The molecule has 0 bridgehead atoms. The molecular weight excluding hydrogens is 676 g/mol. The molecule has 0 atom stereocenters. The Bertz CT molecular complexity index is 1610. The van der Waals surface area contributed by atoms with Gasteiger partial charge in [0.1, 0.15) is 22.7 Å². The van der Waals surface area contributed by atoms with Crippen molar-refractivity contribution in [2.24, 2.45) is 0 Å². The first kappa shape index (κ1) is 30.0. The van der Waals surface area contributed by atoms with Crippen LogP contribution in [0.25, 0.3) is 22.1 Å². The first-order valence-electron chi connectivity index (χ1n) is 13.1. The van der Waals surface area contributed by atoms with E-state index in [1.807, 2.05) is 0 Å². The number of fused-ring (bicyclic) bond motifs is 2. The van der Waals surface area contributed by atoms with Crippen molar-refractivity contribution < 1.29 is 28.5 Å². The van der Waals surface area contributed by atoms with Crippen LogP contribution >= 0.6 is 31.9 Å². The van der Waals surface area contributed by atoms with Gasteiger partial charge in [-0.15, -0.1) is 0 Å². The molecule has 2 fully saturated rings. The summed E-state index contributed by atoms with van der Waals surface area (Å²) in [6.07, 6.45) is 3.47. The number of carbonyl (C=O) groups excluding carboxylic acids is 2. The van der Waals surface area contributed by atoms with Crippen LogP contribution in [0, 0.1) is 0 Å². The lowest BCUT2D eigenvalue weighted by Crippen LogP contribution is -2.36.